The van der Waals surface area contributed by atoms with E-state index in [0.717, 1.165) is 5.56 Å². The Morgan fingerprint density at radius 3 is 2.32 bits per heavy atom. The third kappa shape index (κ3) is 4.01. The molecule has 0 bridgehead atoms. The van der Waals surface area contributed by atoms with Crippen molar-refractivity contribution in [2.24, 2.45) is 11.1 Å². The van der Waals surface area contributed by atoms with Crippen molar-refractivity contribution in [3.8, 4) is 11.5 Å². The number of halogens is 1. The quantitative estimate of drug-likeness (QED) is 0.833. The van der Waals surface area contributed by atoms with Crippen LogP contribution in [0.15, 0.2) is 18.2 Å². The third-order valence-electron chi connectivity index (χ3n) is 3.01. The van der Waals surface area contributed by atoms with E-state index in [0.29, 0.717) is 17.9 Å². The second-order valence-corrected chi connectivity index (χ2v) is 4.44. The first-order valence-electron chi connectivity index (χ1n) is 5.61. The van der Waals surface area contributed by atoms with Crippen LogP contribution >= 0.6 is 12.4 Å². The molecular weight excluding hydrogens is 270 g/mol. The number of aliphatic carboxylic acids is 1. The lowest BCUT2D eigenvalue weighted by Crippen LogP contribution is -2.37. The maximum Gasteiger partial charge on any atom is 0.310 e. The van der Waals surface area contributed by atoms with Crippen molar-refractivity contribution in [2.75, 3.05) is 20.8 Å². The molecule has 5 nitrogen and oxygen atoms in total. The molecule has 0 aliphatic heterocycles. The SMILES string of the molecule is COc1ccc(CC(C)(CN)C(=O)O)cc1OC.Cl. The van der Waals surface area contributed by atoms with E-state index in [2.05, 4.69) is 0 Å². The number of ether oxygens (including phenoxy) is 2. The van der Waals surface area contributed by atoms with Gasteiger partial charge in [0.2, 0.25) is 0 Å². The lowest BCUT2D eigenvalue weighted by Gasteiger charge is -2.23. The molecule has 0 aliphatic carbocycles. The average Bonchev–Trinajstić information content (AvgIpc) is 2.38. The zero-order chi connectivity index (χ0) is 13.8. The van der Waals surface area contributed by atoms with Gasteiger partial charge in [-0.1, -0.05) is 6.07 Å². The smallest absolute Gasteiger partial charge is 0.310 e. The van der Waals surface area contributed by atoms with Gasteiger partial charge in [0.05, 0.1) is 19.6 Å². The summed E-state index contributed by atoms with van der Waals surface area (Å²) in [5.41, 5.74) is 5.42. The van der Waals surface area contributed by atoms with Crippen LogP contribution in [0, 0.1) is 5.41 Å². The highest BCUT2D eigenvalue weighted by Crippen LogP contribution is 2.30. The Hall–Kier alpha value is -1.46. The number of carboxylic acid groups (broad SMARTS) is 1. The van der Waals surface area contributed by atoms with Crippen LogP contribution in [0.4, 0.5) is 0 Å². The highest BCUT2D eigenvalue weighted by molar-refractivity contribution is 5.85. The van der Waals surface area contributed by atoms with E-state index in [9.17, 15) is 9.90 Å². The predicted octanol–water partition coefficient (Wildman–Crippen LogP) is 1.72. The summed E-state index contributed by atoms with van der Waals surface area (Å²) in [5.74, 6) is 0.297. The maximum absolute atomic E-state index is 11.2. The van der Waals surface area contributed by atoms with Crippen LogP contribution in [0.3, 0.4) is 0 Å². The van der Waals surface area contributed by atoms with E-state index in [4.69, 9.17) is 15.2 Å². The minimum Gasteiger partial charge on any atom is -0.493 e. The molecule has 0 aliphatic rings. The van der Waals surface area contributed by atoms with Crippen molar-refractivity contribution in [1.29, 1.82) is 0 Å². The second kappa shape index (κ2) is 7.21. The molecule has 19 heavy (non-hydrogen) atoms. The fourth-order valence-corrected chi connectivity index (χ4v) is 1.68. The summed E-state index contributed by atoms with van der Waals surface area (Å²) in [5, 5.41) is 9.19. The summed E-state index contributed by atoms with van der Waals surface area (Å²) < 4.78 is 10.3. The minimum absolute atomic E-state index is 0. The van der Waals surface area contributed by atoms with Crippen LogP contribution in [0.5, 0.6) is 11.5 Å². The minimum atomic E-state index is -0.973. The average molecular weight is 290 g/mol. The standard InChI is InChI=1S/C13H19NO4.ClH/c1-13(8-14,12(15)16)7-9-4-5-10(17-2)11(6-9)18-3;/h4-6H,7-8,14H2,1-3H3,(H,15,16);1H. The number of rotatable bonds is 6. The van der Waals surface area contributed by atoms with Crippen molar-refractivity contribution in [2.45, 2.75) is 13.3 Å². The Bertz CT molecular complexity index is 439. The number of carbonyl (C=O) groups is 1. The molecule has 1 aromatic carbocycles. The molecule has 0 fully saturated rings. The van der Waals surface area contributed by atoms with E-state index in [-0.39, 0.29) is 19.0 Å². The van der Waals surface area contributed by atoms with Gasteiger partial charge in [-0.2, -0.15) is 0 Å². The van der Waals surface area contributed by atoms with Crippen molar-refractivity contribution in [3.05, 3.63) is 23.8 Å². The Morgan fingerprint density at radius 1 is 1.32 bits per heavy atom. The van der Waals surface area contributed by atoms with Crippen molar-refractivity contribution >= 4 is 18.4 Å². The molecular formula is C13H20ClNO4. The molecule has 3 N–H and O–H groups in total. The summed E-state index contributed by atoms with van der Waals surface area (Å²) in [4.78, 5) is 11.2. The monoisotopic (exact) mass is 289 g/mol. The highest BCUT2D eigenvalue weighted by Gasteiger charge is 2.31. The van der Waals surface area contributed by atoms with Gasteiger partial charge in [0.25, 0.3) is 0 Å². The largest absolute Gasteiger partial charge is 0.493 e. The van der Waals surface area contributed by atoms with E-state index in [1.54, 1.807) is 33.3 Å². The molecule has 1 aromatic rings. The molecule has 1 rings (SSSR count). The van der Waals surface area contributed by atoms with Gasteiger partial charge in [-0.25, -0.2) is 0 Å². The van der Waals surface area contributed by atoms with Gasteiger partial charge < -0.3 is 20.3 Å². The van der Waals surface area contributed by atoms with Gasteiger partial charge in [-0.3, -0.25) is 4.79 Å². The number of methoxy groups -OCH3 is 2. The normalized spacial score (nSPS) is 13.1. The summed E-state index contributed by atoms with van der Waals surface area (Å²) in [7, 11) is 3.10. The molecule has 6 heteroatoms. The number of hydrogen-bond acceptors (Lipinski definition) is 4. The lowest BCUT2D eigenvalue weighted by atomic mass is 9.84. The third-order valence-corrected chi connectivity index (χ3v) is 3.01. The van der Waals surface area contributed by atoms with Gasteiger partial charge >= 0.3 is 5.97 Å². The van der Waals surface area contributed by atoms with Crippen molar-refractivity contribution in [3.63, 3.8) is 0 Å². The second-order valence-electron chi connectivity index (χ2n) is 4.44. The first kappa shape index (κ1) is 17.5. The topological polar surface area (TPSA) is 81.8 Å². The van der Waals surface area contributed by atoms with Crippen LogP contribution < -0.4 is 15.2 Å². The number of carboxylic acids is 1. The molecule has 0 saturated carbocycles. The molecule has 0 saturated heterocycles. The summed E-state index contributed by atoms with van der Waals surface area (Å²) in [6, 6.07) is 5.35. The molecule has 0 radical (unpaired) electrons. The van der Waals surface area contributed by atoms with Crippen LogP contribution in [-0.2, 0) is 11.2 Å². The van der Waals surface area contributed by atoms with Gasteiger partial charge in [0.15, 0.2) is 11.5 Å². The maximum atomic E-state index is 11.2. The summed E-state index contributed by atoms with van der Waals surface area (Å²) in [6.45, 7) is 1.71. The lowest BCUT2D eigenvalue weighted by molar-refractivity contribution is -0.147. The summed E-state index contributed by atoms with van der Waals surface area (Å²) >= 11 is 0. The first-order chi connectivity index (χ1) is 8.46. The number of benzene rings is 1. The predicted molar refractivity (Wildman–Crippen MR) is 75.3 cm³/mol. The van der Waals surface area contributed by atoms with Crippen molar-refractivity contribution < 1.29 is 19.4 Å². The summed E-state index contributed by atoms with van der Waals surface area (Å²) in [6.07, 6.45) is 0.346. The molecule has 0 spiro atoms. The van der Waals surface area contributed by atoms with Crippen LogP contribution in [-0.4, -0.2) is 31.8 Å². The Kier molecular flexibility index (Phi) is 6.65. The van der Waals surface area contributed by atoms with Gasteiger partial charge in [-0.15, -0.1) is 12.4 Å². The molecule has 1 unspecified atom stereocenters. The zero-order valence-electron chi connectivity index (χ0n) is 11.3. The van der Waals surface area contributed by atoms with Crippen LogP contribution in [0.2, 0.25) is 0 Å². The first-order valence-corrected chi connectivity index (χ1v) is 5.61. The van der Waals surface area contributed by atoms with Crippen LogP contribution in [0.25, 0.3) is 0 Å². The van der Waals surface area contributed by atoms with E-state index < -0.39 is 11.4 Å². The van der Waals surface area contributed by atoms with Gasteiger partial charge in [0, 0.05) is 6.54 Å². The zero-order valence-corrected chi connectivity index (χ0v) is 12.1. The molecule has 0 amide bonds. The Labute approximate surface area is 119 Å². The molecule has 0 heterocycles. The fourth-order valence-electron chi connectivity index (χ4n) is 1.68. The molecule has 1 atom stereocenters. The Balaban J connectivity index is 0.00000324. The molecule has 0 aromatic heterocycles. The number of hydrogen-bond donors (Lipinski definition) is 2. The van der Waals surface area contributed by atoms with E-state index in [1.165, 1.54) is 0 Å². The number of nitrogens with two attached hydrogens (primary N) is 1. The van der Waals surface area contributed by atoms with Crippen molar-refractivity contribution in [1.82, 2.24) is 0 Å². The molecule has 108 valence electrons. The fraction of sp³-hybridized carbons (Fsp3) is 0.462. The Morgan fingerprint density at radius 2 is 1.89 bits per heavy atom. The van der Waals surface area contributed by atoms with Gasteiger partial charge in [-0.05, 0) is 31.0 Å². The van der Waals surface area contributed by atoms with E-state index >= 15 is 0 Å². The van der Waals surface area contributed by atoms with Crippen LogP contribution in [0.1, 0.15) is 12.5 Å². The van der Waals surface area contributed by atoms with E-state index in [1.807, 2.05) is 6.07 Å². The van der Waals surface area contributed by atoms with Gasteiger partial charge in [0.1, 0.15) is 0 Å². The highest BCUT2D eigenvalue weighted by atomic mass is 35.5.